The number of amides is 2. The molecule has 2 aliphatic rings. The van der Waals surface area contributed by atoms with Gasteiger partial charge in [0.2, 0.25) is 5.60 Å². The summed E-state index contributed by atoms with van der Waals surface area (Å²) in [5, 5.41) is 6.46. The number of benzene rings is 1. The first-order valence-corrected chi connectivity index (χ1v) is 8.21. The Kier molecular flexibility index (Phi) is 5.41. The van der Waals surface area contributed by atoms with Crippen LogP contribution in [0.25, 0.3) is 0 Å². The van der Waals surface area contributed by atoms with Gasteiger partial charge in [0.05, 0.1) is 18.9 Å². The van der Waals surface area contributed by atoms with Gasteiger partial charge in [0, 0.05) is 18.1 Å². The van der Waals surface area contributed by atoms with Gasteiger partial charge in [-0.25, -0.2) is 14.3 Å². The molecule has 1 aromatic carbocycles. The Bertz CT molecular complexity index is 866. The molecule has 0 radical (unpaired) electrons. The van der Waals surface area contributed by atoms with E-state index in [4.69, 9.17) is 9.57 Å². The van der Waals surface area contributed by atoms with Gasteiger partial charge in [0.25, 0.3) is 5.91 Å². The molecule has 148 valence electrons. The minimum atomic E-state index is -1.55. The second-order valence-electron chi connectivity index (χ2n) is 6.11. The van der Waals surface area contributed by atoms with Crippen LogP contribution in [0, 0.1) is 11.6 Å². The Morgan fingerprint density at radius 1 is 1.36 bits per heavy atom. The molecule has 2 N–H and O–H groups in total. The second-order valence-corrected chi connectivity index (χ2v) is 6.11. The summed E-state index contributed by atoms with van der Waals surface area (Å²) in [6.45, 7) is 3.64. The number of nitrogens with one attached hydrogen (secondary N) is 2. The zero-order chi connectivity index (χ0) is 20.3. The van der Waals surface area contributed by atoms with E-state index in [9.17, 15) is 18.4 Å². The van der Waals surface area contributed by atoms with Crippen molar-refractivity contribution < 1.29 is 32.8 Å². The van der Waals surface area contributed by atoms with Gasteiger partial charge in [0.1, 0.15) is 18.2 Å². The molecule has 0 bridgehead atoms. The zero-order valence-corrected chi connectivity index (χ0v) is 14.8. The Hall–Kier alpha value is -3.27. The molecular formula is C18H17F2N3O5. The Morgan fingerprint density at radius 3 is 2.71 bits per heavy atom. The predicted octanol–water partition coefficient (Wildman–Crippen LogP) is 1.09. The fourth-order valence-corrected chi connectivity index (χ4v) is 2.77. The molecule has 8 nitrogen and oxygen atoms in total. The van der Waals surface area contributed by atoms with Gasteiger partial charge in [-0.3, -0.25) is 14.4 Å². The van der Waals surface area contributed by atoms with Crippen molar-refractivity contribution in [1.82, 2.24) is 10.8 Å². The predicted molar refractivity (Wildman–Crippen MR) is 92.6 cm³/mol. The number of ether oxygens (including phenoxy) is 1. The summed E-state index contributed by atoms with van der Waals surface area (Å²) in [6.07, 6.45) is 2.60. The quantitative estimate of drug-likeness (QED) is 0.557. The van der Waals surface area contributed by atoms with Crippen LogP contribution in [0.1, 0.15) is 12.0 Å². The van der Waals surface area contributed by atoms with Crippen LogP contribution in [0.2, 0.25) is 0 Å². The van der Waals surface area contributed by atoms with E-state index in [1.165, 1.54) is 19.3 Å². The van der Waals surface area contributed by atoms with Gasteiger partial charge >= 0.3 is 5.91 Å². The molecule has 0 fully saturated rings. The molecule has 2 aliphatic heterocycles. The van der Waals surface area contributed by atoms with Crippen LogP contribution in [0.4, 0.5) is 8.78 Å². The highest BCUT2D eigenvalue weighted by Crippen LogP contribution is 2.29. The summed E-state index contributed by atoms with van der Waals surface area (Å²) in [4.78, 5) is 34.2. The van der Waals surface area contributed by atoms with E-state index in [-0.39, 0.29) is 30.1 Å². The highest BCUT2D eigenvalue weighted by Gasteiger charge is 2.45. The van der Waals surface area contributed by atoms with E-state index >= 15 is 0 Å². The van der Waals surface area contributed by atoms with Gasteiger partial charge < -0.3 is 14.9 Å². The third-order valence-corrected chi connectivity index (χ3v) is 4.16. The fourth-order valence-electron chi connectivity index (χ4n) is 2.77. The normalized spacial score (nSPS) is 23.2. The largest absolute Gasteiger partial charge is 0.486 e. The molecule has 0 aliphatic carbocycles. The van der Waals surface area contributed by atoms with Crippen molar-refractivity contribution in [2.45, 2.75) is 18.1 Å². The first kappa shape index (κ1) is 19.5. The molecule has 10 heteroatoms. The standard InChI is InChI=1S/C18H17F2N3O5/c1-3-18(8-14(22-28-18)10-4-11(19)6-12(20)5-10)17(25)21-13-7-15(27-9-13)16(24)23-26-2/h3-7,13H,1,8-9H2,2H3,(H,21,25)(H,23,24)/t13-,18-/m1/s1. The lowest BCUT2D eigenvalue weighted by molar-refractivity contribution is -0.138. The lowest BCUT2D eigenvalue weighted by Crippen LogP contribution is -2.49. The molecule has 0 saturated heterocycles. The second kappa shape index (κ2) is 7.77. The number of halogens is 2. The van der Waals surface area contributed by atoms with E-state index in [2.05, 4.69) is 27.4 Å². The van der Waals surface area contributed by atoms with E-state index < -0.39 is 35.1 Å². The maximum Gasteiger partial charge on any atom is 0.309 e. The van der Waals surface area contributed by atoms with E-state index in [0.717, 1.165) is 18.2 Å². The van der Waals surface area contributed by atoms with Crippen molar-refractivity contribution in [2.24, 2.45) is 5.16 Å². The number of hydroxylamine groups is 1. The van der Waals surface area contributed by atoms with E-state index in [1.54, 1.807) is 0 Å². The number of hydrogen-bond donors (Lipinski definition) is 2. The molecule has 0 spiro atoms. The molecule has 2 heterocycles. The number of nitrogens with zero attached hydrogens (tertiary/aromatic N) is 1. The van der Waals surface area contributed by atoms with Crippen molar-refractivity contribution in [3.8, 4) is 0 Å². The highest BCUT2D eigenvalue weighted by atomic mass is 19.1. The number of oxime groups is 1. The summed E-state index contributed by atoms with van der Waals surface area (Å²) in [5.41, 5.74) is 0.915. The Morgan fingerprint density at radius 2 is 2.07 bits per heavy atom. The SMILES string of the molecule is C=C[C@]1(C(=O)N[C@@H]2C=C(C(=O)NOC)OC2)CC(c2cc(F)cc(F)c2)=NO1. The number of hydrogen-bond acceptors (Lipinski definition) is 6. The maximum absolute atomic E-state index is 13.4. The fraction of sp³-hybridized carbons (Fsp3) is 0.278. The van der Waals surface area contributed by atoms with E-state index in [0.29, 0.717) is 0 Å². The monoisotopic (exact) mass is 393 g/mol. The third-order valence-electron chi connectivity index (χ3n) is 4.16. The maximum atomic E-state index is 13.4. The average molecular weight is 393 g/mol. The van der Waals surface area contributed by atoms with Gasteiger partial charge in [-0.05, 0) is 24.3 Å². The smallest absolute Gasteiger partial charge is 0.309 e. The lowest BCUT2D eigenvalue weighted by atomic mass is 9.93. The lowest BCUT2D eigenvalue weighted by Gasteiger charge is -2.23. The average Bonchev–Trinajstić information content (AvgIpc) is 3.29. The molecular weight excluding hydrogens is 376 g/mol. The van der Waals surface area contributed by atoms with Crippen molar-refractivity contribution in [3.05, 3.63) is 59.9 Å². The summed E-state index contributed by atoms with van der Waals surface area (Å²) in [5.74, 6) is -2.72. The highest BCUT2D eigenvalue weighted by molar-refractivity contribution is 6.06. The van der Waals surface area contributed by atoms with Crippen molar-refractivity contribution in [3.63, 3.8) is 0 Å². The van der Waals surface area contributed by atoms with Gasteiger partial charge in [-0.15, -0.1) is 0 Å². The van der Waals surface area contributed by atoms with Gasteiger partial charge in [0.15, 0.2) is 5.76 Å². The molecule has 3 rings (SSSR count). The summed E-state index contributed by atoms with van der Waals surface area (Å²) in [7, 11) is 1.28. The Labute approximate surface area is 158 Å². The number of carbonyl (C=O) groups is 2. The van der Waals surface area contributed by atoms with Gasteiger partial charge in [-0.2, -0.15) is 0 Å². The number of rotatable bonds is 6. The van der Waals surface area contributed by atoms with Crippen molar-refractivity contribution in [2.75, 3.05) is 13.7 Å². The Balaban J connectivity index is 1.69. The molecule has 1 aromatic rings. The molecule has 0 saturated carbocycles. The number of carbonyl (C=O) groups excluding carboxylic acids is 2. The molecule has 0 aromatic heterocycles. The molecule has 2 amide bonds. The van der Waals surface area contributed by atoms with Crippen molar-refractivity contribution in [1.29, 1.82) is 0 Å². The minimum absolute atomic E-state index is 0.000631. The molecule has 28 heavy (non-hydrogen) atoms. The van der Waals surface area contributed by atoms with Crippen LogP contribution >= 0.6 is 0 Å². The molecule has 0 unspecified atom stereocenters. The first-order valence-electron chi connectivity index (χ1n) is 8.21. The summed E-state index contributed by atoms with van der Waals surface area (Å²) < 4.78 is 32.1. The summed E-state index contributed by atoms with van der Waals surface area (Å²) in [6, 6.07) is 2.32. The van der Waals surface area contributed by atoms with Crippen LogP contribution in [0.5, 0.6) is 0 Å². The van der Waals surface area contributed by atoms with Crippen LogP contribution < -0.4 is 10.8 Å². The molecule has 2 atom stereocenters. The zero-order valence-electron chi connectivity index (χ0n) is 14.8. The summed E-state index contributed by atoms with van der Waals surface area (Å²) >= 11 is 0. The van der Waals surface area contributed by atoms with Crippen LogP contribution in [0.3, 0.4) is 0 Å². The van der Waals surface area contributed by atoms with Crippen molar-refractivity contribution >= 4 is 17.5 Å². The van der Waals surface area contributed by atoms with Gasteiger partial charge in [-0.1, -0.05) is 11.7 Å². The van der Waals surface area contributed by atoms with E-state index in [1.807, 2.05) is 0 Å². The third kappa shape index (κ3) is 3.86. The van der Waals surface area contributed by atoms with Crippen LogP contribution in [-0.4, -0.2) is 42.9 Å². The van der Waals surface area contributed by atoms with Crippen LogP contribution in [0.15, 0.2) is 47.8 Å². The minimum Gasteiger partial charge on any atom is -0.486 e. The van der Waals surface area contributed by atoms with Crippen LogP contribution in [-0.2, 0) is 24.0 Å². The first-order chi connectivity index (χ1) is 13.4. The topological polar surface area (TPSA) is 98.3 Å².